The van der Waals surface area contributed by atoms with Crippen LogP contribution in [-0.4, -0.2) is 19.1 Å². The molecule has 0 spiro atoms. The first-order valence-electron chi connectivity index (χ1n) is 9.76. The summed E-state index contributed by atoms with van der Waals surface area (Å²) in [6.07, 6.45) is 3.47. The van der Waals surface area contributed by atoms with Gasteiger partial charge in [0.25, 0.3) is 0 Å². The Labute approximate surface area is 179 Å². The minimum Gasteiger partial charge on any atom is -0.726 e. The van der Waals surface area contributed by atoms with E-state index in [0.29, 0.717) is 23.7 Å². The first-order chi connectivity index (χ1) is 12.4. The molecule has 0 N–H and O–H groups in total. The standard InChI is InChI=1S/C11H15I.C10H20O4S/c1-4-11(2,3)9-5-7-10(12)8-6-9;1-7(2)9-5-4-8(3)6-10(9)14-15(11,12)13/h5-8H,4H2,1-3H3;7-10H,4-6H2,1-3H3,(H,11,12,13)/p-1. The summed E-state index contributed by atoms with van der Waals surface area (Å²) in [5.41, 5.74) is 1.76. The minimum absolute atomic E-state index is 0.185. The van der Waals surface area contributed by atoms with E-state index < -0.39 is 16.5 Å². The Kier molecular flexibility index (Phi) is 9.72. The van der Waals surface area contributed by atoms with Crippen molar-refractivity contribution < 1.29 is 17.2 Å². The second-order valence-corrected chi connectivity index (χ2v) is 10.9. The monoisotopic (exact) mass is 509 g/mol. The first kappa shape index (κ1) is 24.9. The van der Waals surface area contributed by atoms with E-state index in [9.17, 15) is 13.0 Å². The van der Waals surface area contributed by atoms with Gasteiger partial charge >= 0.3 is 0 Å². The predicted molar refractivity (Wildman–Crippen MR) is 118 cm³/mol. The van der Waals surface area contributed by atoms with Gasteiger partial charge in [0.2, 0.25) is 10.4 Å². The molecule has 0 aromatic heterocycles. The molecular weight excluding hydrogens is 475 g/mol. The summed E-state index contributed by atoms with van der Waals surface area (Å²) in [7, 11) is -4.56. The van der Waals surface area contributed by atoms with E-state index in [1.165, 1.54) is 15.6 Å². The fraction of sp³-hybridized carbons (Fsp3) is 0.714. The number of hydrogen-bond donors (Lipinski definition) is 0. The molecule has 0 bridgehead atoms. The zero-order valence-electron chi connectivity index (χ0n) is 17.4. The van der Waals surface area contributed by atoms with Gasteiger partial charge in [-0.1, -0.05) is 60.1 Å². The molecule has 0 amide bonds. The average Bonchev–Trinajstić information content (AvgIpc) is 2.54. The third-order valence-electron chi connectivity index (χ3n) is 5.71. The summed E-state index contributed by atoms with van der Waals surface area (Å²) >= 11 is 2.34. The van der Waals surface area contributed by atoms with E-state index in [0.717, 1.165) is 12.8 Å². The Bertz CT molecular complexity index is 668. The Balaban J connectivity index is 0.000000277. The van der Waals surface area contributed by atoms with Gasteiger partial charge in [-0.2, -0.15) is 0 Å². The summed E-state index contributed by atoms with van der Waals surface area (Å²) in [5.74, 6) is 0.973. The lowest BCUT2D eigenvalue weighted by Crippen LogP contribution is -2.35. The molecule has 3 atom stereocenters. The number of halogens is 1. The van der Waals surface area contributed by atoms with E-state index in [1.807, 2.05) is 13.8 Å². The van der Waals surface area contributed by atoms with E-state index in [1.54, 1.807) is 0 Å². The van der Waals surface area contributed by atoms with Crippen molar-refractivity contribution in [2.45, 2.75) is 78.7 Å². The van der Waals surface area contributed by atoms with Crippen molar-refractivity contribution in [2.24, 2.45) is 17.8 Å². The molecule has 1 fully saturated rings. The smallest absolute Gasteiger partial charge is 0.217 e. The molecule has 1 aromatic rings. The molecule has 0 aliphatic heterocycles. The maximum Gasteiger partial charge on any atom is 0.217 e. The van der Waals surface area contributed by atoms with Crippen LogP contribution in [0.4, 0.5) is 0 Å². The molecule has 2 rings (SSSR count). The summed E-state index contributed by atoms with van der Waals surface area (Å²) in [5, 5.41) is 0. The molecule has 6 heteroatoms. The fourth-order valence-electron chi connectivity index (χ4n) is 3.48. The topological polar surface area (TPSA) is 66.4 Å². The maximum absolute atomic E-state index is 10.6. The van der Waals surface area contributed by atoms with Crippen molar-refractivity contribution in [3.63, 3.8) is 0 Å². The Morgan fingerprint density at radius 2 is 1.78 bits per heavy atom. The summed E-state index contributed by atoms with van der Waals surface area (Å²) in [6.45, 7) is 12.9. The van der Waals surface area contributed by atoms with Gasteiger partial charge in [0.05, 0.1) is 6.10 Å². The van der Waals surface area contributed by atoms with Gasteiger partial charge in [-0.3, -0.25) is 4.18 Å². The molecule has 1 aliphatic rings. The molecular formula is C21H34IO4S-. The summed E-state index contributed by atoms with van der Waals surface area (Å²) in [4.78, 5) is 0. The maximum atomic E-state index is 10.6. The number of benzene rings is 1. The third kappa shape index (κ3) is 8.79. The zero-order valence-corrected chi connectivity index (χ0v) is 20.3. The van der Waals surface area contributed by atoms with Gasteiger partial charge in [0, 0.05) is 3.57 Å². The molecule has 1 aliphatic carbocycles. The fourth-order valence-corrected chi connectivity index (χ4v) is 4.37. The average molecular weight is 509 g/mol. The summed E-state index contributed by atoms with van der Waals surface area (Å²) in [6, 6.07) is 8.80. The van der Waals surface area contributed by atoms with Gasteiger partial charge in [-0.15, -0.1) is 0 Å². The molecule has 0 heterocycles. The molecule has 0 radical (unpaired) electrons. The van der Waals surface area contributed by atoms with E-state index >= 15 is 0 Å². The molecule has 27 heavy (non-hydrogen) atoms. The molecule has 156 valence electrons. The second kappa shape index (κ2) is 10.6. The lowest BCUT2D eigenvalue weighted by atomic mass is 9.75. The Morgan fingerprint density at radius 1 is 1.22 bits per heavy atom. The van der Waals surface area contributed by atoms with E-state index in [-0.39, 0.29) is 5.92 Å². The quantitative estimate of drug-likeness (QED) is 0.282. The van der Waals surface area contributed by atoms with Crippen LogP contribution >= 0.6 is 22.6 Å². The van der Waals surface area contributed by atoms with E-state index in [4.69, 9.17) is 0 Å². The lowest BCUT2D eigenvalue weighted by Gasteiger charge is -2.37. The Morgan fingerprint density at radius 3 is 2.22 bits per heavy atom. The molecule has 0 saturated heterocycles. The van der Waals surface area contributed by atoms with Crippen molar-refractivity contribution in [3.8, 4) is 0 Å². The summed E-state index contributed by atoms with van der Waals surface area (Å²) < 4.78 is 37.7. The van der Waals surface area contributed by atoms with Crippen LogP contribution in [0.1, 0.15) is 72.8 Å². The van der Waals surface area contributed by atoms with E-state index in [2.05, 4.69) is 78.7 Å². The van der Waals surface area contributed by atoms with Gasteiger partial charge in [-0.05, 0) is 82.7 Å². The minimum atomic E-state index is -4.56. The van der Waals surface area contributed by atoms with Crippen LogP contribution in [0, 0.1) is 21.3 Å². The van der Waals surface area contributed by atoms with Crippen LogP contribution in [-0.2, 0) is 20.0 Å². The first-order valence-corrected chi connectivity index (χ1v) is 12.2. The number of hydrogen-bond acceptors (Lipinski definition) is 4. The van der Waals surface area contributed by atoms with Crippen molar-refractivity contribution in [2.75, 3.05) is 0 Å². The van der Waals surface area contributed by atoms with Gasteiger partial charge in [0.1, 0.15) is 0 Å². The normalized spacial score (nSPS) is 23.7. The molecule has 4 nitrogen and oxygen atoms in total. The van der Waals surface area contributed by atoms with Gasteiger partial charge < -0.3 is 4.55 Å². The van der Waals surface area contributed by atoms with Crippen LogP contribution in [0.3, 0.4) is 0 Å². The molecule has 1 saturated carbocycles. The largest absolute Gasteiger partial charge is 0.726 e. The second-order valence-electron chi connectivity index (χ2n) is 8.61. The van der Waals surface area contributed by atoms with Crippen LogP contribution < -0.4 is 0 Å². The molecule has 3 unspecified atom stereocenters. The third-order valence-corrected chi connectivity index (χ3v) is 6.91. The predicted octanol–water partition coefficient (Wildman–Crippen LogP) is 5.90. The molecule has 1 aromatic carbocycles. The van der Waals surface area contributed by atoms with Crippen molar-refractivity contribution in [3.05, 3.63) is 33.4 Å². The van der Waals surface area contributed by atoms with Crippen LogP contribution in [0.15, 0.2) is 24.3 Å². The van der Waals surface area contributed by atoms with Crippen molar-refractivity contribution in [1.29, 1.82) is 0 Å². The SMILES string of the molecule is CC1CCC(C(C)C)C(OS(=O)(=O)[O-])C1.CCC(C)(C)c1ccc(I)cc1. The Hall–Kier alpha value is -0.180. The lowest BCUT2D eigenvalue weighted by molar-refractivity contribution is 0.0411. The van der Waals surface area contributed by atoms with Crippen LogP contribution in [0.2, 0.25) is 0 Å². The van der Waals surface area contributed by atoms with Gasteiger partial charge in [0.15, 0.2) is 0 Å². The van der Waals surface area contributed by atoms with Crippen molar-refractivity contribution >= 4 is 33.0 Å². The highest BCUT2D eigenvalue weighted by Crippen LogP contribution is 2.35. The van der Waals surface area contributed by atoms with Crippen LogP contribution in [0.5, 0.6) is 0 Å². The highest BCUT2D eigenvalue weighted by atomic mass is 127. The van der Waals surface area contributed by atoms with Gasteiger partial charge in [-0.25, -0.2) is 8.42 Å². The highest BCUT2D eigenvalue weighted by Gasteiger charge is 2.32. The van der Waals surface area contributed by atoms with Crippen LogP contribution in [0.25, 0.3) is 0 Å². The highest BCUT2D eigenvalue weighted by molar-refractivity contribution is 14.1. The van der Waals surface area contributed by atoms with Crippen molar-refractivity contribution in [1.82, 2.24) is 0 Å². The zero-order chi connectivity index (χ0) is 20.8. The number of rotatable bonds is 5.